The van der Waals surface area contributed by atoms with Crippen LogP contribution in [-0.2, 0) is 0 Å². The van der Waals surface area contributed by atoms with Crippen molar-refractivity contribution in [2.45, 2.75) is 0 Å². The summed E-state index contributed by atoms with van der Waals surface area (Å²) < 4.78 is 4.90. The molecule has 1 aliphatic rings. The molecule has 0 saturated carbocycles. The first-order valence-electron chi connectivity index (χ1n) is 17.3. The Labute approximate surface area is 299 Å². The van der Waals surface area contributed by atoms with Gasteiger partial charge in [0.2, 0.25) is 5.95 Å². The Balaban J connectivity index is 1.32. The normalized spacial score (nSPS) is 13.3. The van der Waals surface area contributed by atoms with Crippen LogP contribution >= 0.6 is 11.3 Å². The van der Waals surface area contributed by atoms with Gasteiger partial charge in [0.15, 0.2) is 8.07 Å². The molecule has 0 saturated heterocycles. The second-order valence-corrected chi connectivity index (χ2v) is 18.1. The fourth-order valence-electron chi connectivity index (χ4n) is 8.69. The molecular formula is C46H29N3SSi. The lowest BCUT2D eigenvalue weighted by atomic mass is 10.1. The molecule has 0 fully saturated rings. The minimum absolute atomic E-state index is 0.693. The van der Waals surface area contributed by atoms with E-state index < -0.39 is 8.07 Å². The summed E-state index contributed by atoms with van der Waals surface area (Å²) in [7, 11) is -2.86. The van der Waals surface area contributed by atoms with Gasteiger partial charge in [-0.3, -0.25) is 4.57 Å². The predicted octanol–water partition coefficient (Wildman–Crippen LogP) is 8.97. The zero-order valence-corrected chi connectivity index (χ0v) is 29.3. The molecule has 0 spiro atoms. The predicted molar refractivity (Wildman–Crippen MR) is 217 cm³/mol. The third kappa shape index (κ3) is 3.93. The van der Waals surface area contributed by atoms with E-state index in [9.17, 15) is 0 Å². The number of benzene rings is 7. The van der Waals surface area contributed by atoms with Gasteiger partial charge in [-0.15, -0.1) is 11.3 Å². The van der Waals surface area contributed by atoms with Crippen molar-refractivity contribution in [2.75, 3.05) is 0 Å². The van der Waals surface area contributed by atoms with E-state index in [1.54, 1.807) is 0 Å². The first kappa shape index (κ1) is 28.7. The maximum atomic E-state index is 5.71. The van der Waals surface area contributed by atoms with Crippen LogP contribution in [0.15, 0.2) is 176 Å². The van der Waals surface area contributed by atoms with Gasteiger partial charge in [0.25, 0.3) is 0 Å². The van der Waals surface area contributed by atoms with Crippen molar-refractivity contribution in [3.8, 4) is 28.5 Å². The average molecular weight is 684 g/mol. The molecule has 0 amide bonds. The van der Waals surface area contributed by atoms with Gasteiger partial charge >= 0.3 is 0 Å². The fourth-order valence-corrected chi connectivity index (χ4v) is 15.0. The molecule has 5 heteroatoms. The summed E-state index contributed by atoms with van der Waals surface area (Å²) in [6.07, 6.45) is 0. The first-order valence-corrected chi connectivity index (χ1v) is 20.2. The highest BCUT2D eigenvalue weighted by Crippen LogP contribution is 2.43. The standard InChI is InChI=1S/C46H29N3SSi/c1-4-16-30(17-5-1)43-45-44(35-24-12-15-27-40(35)51(45,31-18-6-2-7-19-31)32-20-8-3-9-21-32)48-46(47-43)49-36-25-13-10-22-33(36)41-37(49)28-29-39-42(41)34-23-11-14-26-38(34)50-39/h1-29H. The Bertz CT molecular complexity index is 2930. The third-order valence-electron chi connectivity index (χ3n) is 10.7. The van der Waals surface area contributed by atoms with Crippen LogP contribution < -0.4 is 20.7 Å². The molecule has 0 N–H and O–H groups in total. The van der Waals surface area contributed by atoms with Gasteiger partial charge in [0.1, 0.15) is 0 Å². The maximum Gasteiger partial charge on any atom is 0.235 e. The number of fused-ring (bicyclic) bond motifs is 10. The quantitative estimate of drug-likeness (QED) is 0.174. The molecule has 3 nitrogen and oxygen atoms in total. The molecule has 238 valence electrons. The van der Waals surface area contributed by atoms with Gasteiger partial charge in [-0.2, -0.15) is 0 Å². The summed E-state index contributed by atoms with van der Waals surface area (Å²) in [5.74, 6) is 0.693. The van der Waals surface area contributed by atoms with Gasteiger partial charge < -0.3 is 0 Å². The molecule has 0 aliphatic carbocycles. The topological polar surface area (TPSA) is 30.7 Å². The molecule has 0 radical (unpaired) electrons. The average Bonchev–Trinajstić information content (AvgIpc) is 3.85. The van der Waals surface area contributed by atoms with E-state index in [0.717, 1.165) is 28.0 Å². The van der Waals surface area contributed by atoms with E-state index in [0.29, 0.717) is 5.95 Å². The third-order valence-corrected chi connectivity index (χ3v) is 16.7. The first-order chi connectivity index (χ1) is 25.3. The number of nitrogens with zero attached hydrogens (tertiary/aromatic N) is 3. The lowest BCUT2D eigenvalue weighted by Crippen LogP contribution is -2.73. The highest BCUT2D eigenvalue weighted by atomic mass is 32.1. The van der Waals surface area contributed by atoms with Crippen LogP contribution in [0.5, 0.6) is 0 Å². The van der Waals surface area contributed by atoms with Crippen molar-refractivity contribution >= 4 is 82.1 Å². The number of rotatable bonds is 4. The van der Waals surface area contributed by atoms with Crippen LogP contribution in [0.1, 0.15) is 0 Å². The molecule has 0 atom stereocenters. The van der Waals surface area contributed by atoms with Crippen LogP contribution in [0.2, 0.25) is 0 Å². The molecule has 51 heavy (non-hydrogen) atoms. The molecule has 11 rings (SSSR count). The van der Waals surface area contributed by atoms with Gasteiger partial charge in [0.05, 0.1) is 22.4 Å². The molecule has 4 heterocycles. The molecule has 0 bridgehead atoms. The second kappa shape index (κ2) is 10.9. The van der Waals surface area contributed by atoms with E-state index in [1.807, 2.05) is 11.3 Å². The number of hydrogen-bond acceptors (Lipinski definition) is 3. The Morgan fingerprint density at radius 3 is 1.82 bits per heavy atom. The van der Waals surface area contributed by atoms with Gasteiger partial charge in [-0.25, -0.2) is 9.97 Å². The zero-order chi connectivity index (χ0) is 33.5. The highest BCUT2D eigenvalue weighted by molar-refractivity contribution is 7.26. The Morgan fingerprint density at radius 2 is 1.06 bits per heavy atom. The van der Waals surface area contributed by atoms with Gasteiger partial charge in [-0.05, 0) is 39.8 Å². The van der Waals surface area contributed by atoms with Gasteiger partial charge in [-0.1, -0.05) is 152 Å². The molecule has 0 unspecified atom stereocenters. The largest absolute Gasteiger partial charge is 0.278 e. The Hall–Kier alpha value is -6.14. The lowest BCUT2D eigenvalue weighted by molar-refractivity contribution is 1.00. The maximum absolute atomic E-state index is 5.71. The van der Waals surface area contributed by atoms with Crippen LogP contribution in [0, 0.1) is 0 Å². The van der Waals surface area contributed by atoms with E-state index in [1.165, 1.54) is 57.3 Å². The summed E-state index contributed by atoms with van der Waals surface area (Å²) in [6, 6.07) is 64.0. The van der Waals surface area contributed by atoms with Crippen LogP contribution in [0.4, 0.5) is 0 Å². The minimum atomic E-state index is -2.86. The lowest BCUT2D eigenvalue weighted by Gasteiger charge is -2.32. The van der Waals surface area contributed by atoms with E-state index in [2.05, 4.69) is 180 Å². The molecule has 7 aromatic carbocycles. The number of para-hydroxylation sites is 1. The summed E-state index contributed by atoms with van der Waals surface area (Å²) in [5, 5.41) is 10.3. The smallest absolute Gasteiger partial charge is 0.235 e. The molecule has 10 aromatic rings. The number of hydrogen-bond donors (Lipinski definition) is 0. The highest BCUT2D eigenvalue weighted by Gasteiger charge is 2.51. The number of thiophene rings is 1. The van der Waals surface area contributed by atoms with Crippen molar-refractivity contribution in [1.29, 1.82) is 0 Å². The number of aromatic nitrogens is 3. The van der Waals surface area contributed by atoms with E-state index in [-0.39, 0.29) is 0 Å². The van der Waals surface area contributed by atoms with Crippen LogP contribution in [0.3, 0.4) is 0 Å². The van der Waals surface area contributed by atoms with Crippen LogP contribution in [0.25, 0.3) is 70.4 Å². The Morgan fingerprint density at radius 1 is 0.451 bits per heavy atom. The second-order valence-electron chi connectivity index (χ2n) is 13.3. The zero-order valence-electron chi connectivity index (χ0n) is 27.5. The molecular weight excluding hydrogens is 655 g/mol. The van der Waals surface area contributed by atoms with E-state index >= 15 is 0 Å². The van der Waals surface area contributed by atoms with Crippen LogP contribution in [-0.4, -0.2) is 22.6 Å². The van der Waals surface area contributed by atoms with Crippen molar-refractivity contribution in [3.63, 3.8) is 0 Å². The van der Waals surface area contributed by atoms with Crippen molar-refractivity contribution in [2.24, 2.45) is 0 Å². The van der Waals surface area contributed by atoms with Crippen molar-refractivity contribution < 1.29 is 0 Å². The van der Waals surface area contributed by atoms with Crippen molar-refractivity contribution in [3.05, 3.63) is 176 Å². The summed E-state index contributed by atoms with van der Waals surface area (Å²) in [5.41, 5.74) is 6.55. The SMILES string of the molecule is c1ccc(-c2nc(-n3c4ccccc4c4c5c(ccc43)sc3ccccc35)nc3c2[Si](c2ccccc2)(c2ccccc2)c2ccccc2-3)cc1. The van der Waals surface area contributed by atoms with E-state index in [4.69, 9.17) is 9.97 Å². The fraction of sp³-hybridized carbons (Fsp3) is 0. The minimum Gasteiger partial charge on any atom is -0.278 e. The monoisotopic (exact) mass is 683 g/mol. The molecule has 3 aromatic heterocycles. The van der Waals surface area contributed by atoms with Crippen molar-refractivity contribution in [1.82, 2.24) is 14.5 Å². The summed E-state index contributed by atoms with van der Waals surface area (Å²) in [4.78, 5) is 11.4. The molecule has 1 aliphatic heterocycles. The Kier molecular flexibility index (Phi) is 6.14. The summed E-state index contributed by atoms with van der Waals surface area (Å²) >= 11 is 1.86. The summed E-state index contributed by atoms with van der Waals surface area (Å²) in [6.45, 7) is 0. The van der Waals surface area contributed by atoms with Gasteiger partial charge in [0, 0.05) is 47.3 Å².